The van der Waals surface area contributed by atoms with E-state index in [-0.39, 0.29) is 5.56 Å². The van der Waals surface area contributed by atoms with Crippen molar-refractivity contribution in [3.63, 3.8) is 0 Å². The van der Waals surface area contributed by atoms with Gasteiger partial charge in [-0.15, -0.1) is 0 Å². The van der Waals surface area contributed by atoms with E-state index in [9.17, 15) is 9.90 Å². The standard InChI is InChI=1S/C13H10Br2N2O2/c14-7-4-5-9(15)11(6-7)17-12-8(13(18)19)2-1-3-10(12)16/h1-6,17H,16H2,(H,18,19). The number of rotatable bonds is 3. The molecule has 0 aliphatic heterocycles. The van der Waals surface area contributed by atoms with Crippen molar-refractivity contribution in [1.29, 1.82) is 0 Å². The summed E-state index contributed by atoms with van der Waals surface area (Å²) in [7, 11) is 0. The van der Waals surface area contributed by atoms with Crippen LogP contribution in [0.4, 0.5) is 17.1 Å². The van der Waals surface area contributed by atoms with Gasteiger partial charge in [-0.05, 0) is 46.3 Å². The van der Waals surface area contributed by atoms with E-state index in [1.54, 1.807) is 12.1 Å². The van der Waals surface area contributed by atoms with Gasteiger partial charge in [-0.1, -0.05) is 22.0 Å². The van der Waals surface area contributed by atoms with Crippen LogP contribution in [0.25, 0.3) is 0 Å². The van der Waals surface area contributed by atoms with Gasteiger partial charge in [-0.25, -0.2) is 4.79 Å². The van der Waals surface area contributed by atoms with Crippen molar-refractivity contribution < 1.29 is 9.90 Å². The van der Waals surface area contributed by atoms with Crippen LogP contribution in [0.5, 0.6) is 0 Å². The molecule has 0 aliphatic rings. The van der Waals surface area contributed by atoms with Crippen molar-refractivity contribution in [1.82, 2.24) is 0 Å². The molecule has 19 heavy (non-hydrogen) atoms. The molecule has 0 radical (unpaired) electrons. The van der Waals surface area contributed by atoms with Crippen LogP contribution >= 0.6 is 31.9 Å². The lowest BCUT2D eigenvalue weighted by molar-refractivity contribution is 0.0698. The zero-order valence-electron chi connectivity index (χ0n) is 9.65. The number of carboxylic acids is 1. The molecule has 2 aromatic rings. The van der Waals surface area contributed by atoms with E-state index in [1.165, 1.54) is 6.07 Å². The summed E-state index contributed by atoms with van der Waals surface area (Å²) in [5.74, 6) is -1.03. The van der Waals surface area contributed by atoms with Crippen LogP contribution in [-0.4, -0.2) is 11.1 Å². The third-order valence-corrected chi connectivity index (χ3v) is 3.70. The number of para-hydroxylation sites is 1. The third kappa shape index (κ3) is 3.08. The average Bonchev–Trinajstić information content (AvgIpc) is 2.35. The maximum atomic E-state index is 11.2. The molecule has 0 amide bonds. The average molecular weight is 386 g/mol. The zero-order chi connectivity index (χ0) is 14.0. The number of anilines is 3. The second-order valence-corrected chi connectivity index (χ2v) is 5.59. The first-order valence-electron chi connectivity index (χ1n) is 5.33. The van der Waals surface area contributed by atoms with E-state index in [0.717, 1.165) is 14.6 Å². The molecule has 0 heterocycles. The van der Waals surface area contributed by atoms with Gasteiger partial charge < -0.3 is 16.2 Å². The lowest BCUT2D eigenvalue weighted by Gasteiger charge is -2.13. The van der Waals surface area contributed by atoms with E-state index in [2.05, 4.69) is 37.2 Å². The molecule has 98 valence electrons. The molecule has 6 heteroatoms. The smallest absolute Gasteiger partial charge is 0.337 e. The molecule has 4 N–H and O–H groups in total. The molecule has 2 rings (SSSR count). The Morgan fingerprint density at radius 2 is 1.95 bits per heavy atom. The molecule has 0 saturated heterocycles. The predicted molar refractivity (Wildman–Crippen MR) is 82.9 cm³/mol. The van der Waals surface area contributed by atoms with Crippen LogP contribution < -0.4 is 11.1 Å². The fraction of sp³-hybridized carbons (Fsp3) is 0. The summed E-state index contributed by atoms with van der Waals surface area (Å²) in [6.45, 7) is 0. The minimum absolute atomic E-state index is 0.131. The SMILES string of the molecule is Nc1cccc(C(=O)O)c1Nc1cc(Br)ccc1Br. The van der Waals surface area contributed by atoms with Crippen LogP contribution in [0.15, 0.2) is 45.3 Å². The number of hydrogen-bond acceptors (Lipinski definition) is 3. The van der Waals surface area contributed by atoms with Gasteiger partial charge in [-0.2, -0.15) is 0 Å². The van der Waals surface area contributed by atoms with E-state index >= 15 is 0 Å². The predicted octanol–water partition coefficient (Wildman–Crippen LogP) is 4.24. The molecule has 2 aromatic carbocycles. The lowest BCUT2D eigenvalue weighted by Crippen LogP contribution is -2.06. The Hall–Kier alpha value is -1.53. The lowest BCUT2D eigenvalue weighted by atomic mass is 10.1. The summed E-state index contributed by atoms with van der Waals surface area (Å²) in [4.78, 5) is 11.2. The number of halogens is 2. The number of nitrogens with one attached hydrogen (secondary N) is 1. The molecule has 4 nitrogen and oxygen atoms in total. The van der Waals surface area contributed by atoms with Gasteiger partial charge in [0.1, 0.15) is 0 Å². The van der Waals surface area contributed by atoms with Crippen LogP contribution in [0.3, 0.4) is 0 Å². The first-order valence-corrected chi connectivity index (χ1v) is 6.91. The Balaban J connectivity index is 2.49. The second-order valence-electron chi connectivity index (χ2n) is 3.82. The number of benzene rings is 2. The summed E-state index contributed by atoms with van der Waals surface area (Å²) in [5.41, 5.74) is 7.47. The summed E-state index contributed by atoms with van der Waals surface area (Å²) < 4.78 is 1.69. The summed E-state index contributed by atoms with van der Waals surface area (Å²) in [5, 5.41) is 12.2. The normalized spacial score (nSPS) is 10.2. The molecule has 0 aromatic heterocycles. The molecule has 0 saturated carbocycles. The van der Waals surface area contributed by atoms with Crippen molar-refractivity contribution >= 4 is 54.9 Å². The number of carbonyl (C=O) groups is 1. The number of hydrogen-bond donors (Lipinski definition) is 3. The van der Waals surface area contributed by atoms with Crippen LogP contribution in [0.2, 0.25) is 0 Å². The molecule has 0 bridgehead atoms. The highest BCUT2D eigenvalue weighted by molar-refractivity contribution is 9.11. The van der Waals surface area contributed by atoms with E-state index in [1.807, 2.05) is 18.2 Å². The molecule has 0 aliphatic carbocycles. The van der Waals surface area contributed by atoms with Gasteiger partial charge in [0, 0.05) is 8.95 Å². The highest BCUT2D eigenvalue weighted by atomic mass is 79.9. The van der Waals surface area contributed by atoms with Crippen molar-refractivity contribution in [3.8, 4) is 0 Å². The Morgan fingerprint density at radius 1 is 1.21 bits per heavy atom. The first-order chi connectivity index (χ1) is 8.99. The highest BCUT2D eigenvalue weighted by Gasteiger charge is 2.13. The van der Waals surface area contributed by atoms with Crippen molar-refractivity contribution in [2.75, 3.05) is 11.1 Å². The van der Waals surface area contributed by atoms with E-state index < -0.39 is 5.97 Å². The van der Waals surface area contributed by atoms with Crippen LogP contribution in [0.1, 0.15) is 10.4 Å². The number of nitrogen functional groups attached to an aromatic ring is 1. The Bertz CT molecular complexity index is 645. The topological polar surface area (TPSA) is 75.4 Å². The van der Waals surface area contributed by atoms with Crippen LogP contribution in [0, 0.1) is 0 Å². The van der Waals surface area contributed by atoms with Gasteiger partial charge in [0.05, 0.1) is 22.6 Å². The summed E-state index contributed by atoms with van der Waals surface area (Å²) >= 11 is 6.77. The van der Waals surface area contributed by atoms with Crippen molar-refractivity contribution in [2.45, 2.75) is 0 Å². The maximum Gasteiger partial charge on any atom is 0.337 e. The third-order valence-electron chi connectivity index (χ3n) is 2.52. The monoisotopic (exact) mass is 384 g/mol. The Labute approximate surface area is 126 Å². The molecular formula is C13H10Br2N2O2. The molecule has 0 unspecified atom stereocenters. The van der Waals surface area contributed by atoms with Crippen molar-refractivity contribution in [2.24, 2.45) is 0 Å². The van der Waals surface area contributed by atoms with Crippen LogP contribution in [-0.2, 0) is 0 Å². The molecular weight excluding hydrogens is 376 g/mol. The van der Waals surface area contributed by atoms with Gasteiger partial charge in [-0.3, -0.25) is 0 Å². The fourth-order valence-electron chi connectivity index (χ4n) is 1.62. The molecule has 0 spiro atoms. The zero-order valence-corrected chi connectivity index (χ0v) is 12.8. The summed E-state index contributed by atoms with van der Waals surface area (Å²) in [6, 6.07) is 10.3. The van der Waals surface area contributed by atoms with Gasteiger partial charge >= 0.3 is 5.97 Å². The fourth-order valence-corrected chi connectivity index (χ4v) is 2.32. The largest absolute Gasteiger partial charge is 0.478 e. The minimum atomic E-state index is -1.03. The molecule has 0 fully saturated rings. The Kier molecular flexibility index (Phi) is 4.11. The summed E-state index contributed by atoms with van der Waals surface area (Å²) in [6.07, 6.45) is 0. The Morgan fingerprint density at radius 3 is 2.63 bits per heavy atom. The van der Waals surface area contributed by atoms with Gasteiger partial charge in [0.2, 0.25) is 0 Å². The minimum Gasteiger partial charge on any atom is -0.478 e. The second kappa shape index (κ2) is 5.63. The maximum absolute atomic E-state index is 11.2. The number of carboxylic acid groups (broad SMARTS) is 1. The first kappa shape index (κ1) is 13.9. The van der Waals surface area contributed by atoms with Gasteiger partial charge in [0.25, 0.3) is 0 Å². The van der Waals surface area contributed by atoms with Crippen molar-refractivity contribution in [3.05, 3.63) is 50.9 Å². The number of nitrogens with two attached hydrogens (primary N) is 1. The van der Waals surface area contributed by atoms with E-state index in [0.29, 0.717) is 11.4 Å². The number of aromatic carboxylic acids is 1. The molecule has 0 atom stereocenters. The highest BCUT2D eigenvalue weighted by Crippen LogP contribution is 2.33. The van der Waals surface area contributed by atoms with Gasteiger partial charge in [0.15, 0.2) is 0 Å². The quantitative estimate of drug-likeness (QED) is 0.691. The van der Waals surface area contributed by atoms with E-state index in [4.69, 9.17) is 5.73 Å².